The lowest BCUT2D eigenvalue weighted by atomic mass is 9.99. The number of carbonyl (C=O) groups is 1. The molecule has 0 heterocycles. The quantitative estimate of drug-likeness (QED) is 0.569. The molecule has 0 aliphatic heterocycles. The summed E-state index contributed by atoms with van der Waals surface area (Å²) in [4.78, 5) is 10.9. The molecule has 15 heavy (non-hydrogen) atoms. The average molecular weight is 231 g/mol. The molecule has 0 saturated carbocycles. The topological polar surface area (TPSA) is 110 Å². The van der Waals surface area contributed by atoms with Crippen LogP contribution in [0.4, 0.5) is 5.69 Å². The third-order valence-corrected chi connectivity index (χ3v) is 2.36. The SMILES string of the molecule is Nc1c(Cl)ccc(C(=O)O)c1[C@@H](N)CO. The van der Waals surface area contributed by atoms with E-state index in [2.05, 4.69) is 0 Å². The summed E-state index contributed by atoms with van der Waals surface area (Å²) in [5.41, 5.74) is 11.4. The smallest absolute Gasteiger partial charge is 0.336 e. The zero-order valence-corrected chi connectivity index (χ0v) is 8.53. The van der Waals surface area contributed by atoms with Gasteiger partial charge in [0.15, 0.2) is 0 Å². The molecule has 6 N–H and O–H groups in total. The number of anilines is 1. The first-order valence-corrected chi connectivity index (χ1v) is 4.54. The molecule has 0 amide bonds. The fourth-order valence-electron chi connectivity index (χ4n) is 1.29. The zero-order valence-electron chi connectivity index (χ0n) is 7.77. The summed E-state index contributed by atoms with van der Waals surface area (Å²) >= 11 is 5.74. The molecule has 1 aromatic carbocycles. The molecule has 0 spiro atoms. The molecule has 1 aromatic rings. The molecular weight excluding hydrogens is 220 g/mol. The zero-order chi connectivity index (χ0) is 11.6. The highest BCUT2D eigenvalue weighted by Gasteiger charge is 2.19. The summed E-state index contributed by atoms with van der Waals surface area (Å²) in [6.07, 6.45) is 0. The van der Waals surface area contributed by atoms with E-state index in [4.69, 9.17) is 33.3 Å². The lowest BCUT2D eigenvalue weighted by Gasteiger charge is -2.15. The van der Waals surface area contributed by atoms with Crippen molar-refractivity contribution >= 4 is 23.3 Å². The van der Waals surface area contributed by atoms with E-state index in [1.807, 2.05) is 0 Å². The second-order valence-corrected chi connectivity index (χ2v) is 3.42. The van der Waals surface area contributed by atoms with Crippen molar-refractivity contribution in [2.75, 3.05) is 12.3 Å². The second kappa shape index (κ2) is 4.48. The highest BCUT2D eigenvalue weighted by molar-refractivity contribution is 6.33. The van der Waals surface area contributed by atoms with Crippen molar-refractivity contribution in [1.82, 2.24) is 0 Å². The van der Waals surface area contributed by atoms with Gasteiger partial charge in [0.1, 0.15) is 0 Å². The van der Waals surface area contributed by atoms with Gasteiger partial charge in [0.2, 0.25) is 0 Å². The lowest BCUT2D eigenvalue weighted by molar-refractivity contribution is 0.0695. The summed E-state index contributed by atoms with van der Waals surface area (Å²) in [7, 11) is 0. The Balaban J connectivity index is 3.41. The molecule has 82 valence electrons. The van der Waals surface area contributed by atoms with Gasteiger partial charge in [-0.3, -0.25) is 0 Å². The third kappa shape index (κ3) is 2.20. The summed E-state index contributed by atoms with van der Waals surface area (Å²) < 4.78 is 0. The van der Waals surface area contributed by atoms with Crippen LogP contribution in [0.3, 0.4) is 0 Å². The minimum Gasteiger partial charge on any atom is -0.478 e. The predicted octanol–water partition coefficient (Wildman–Crippen LogP) is 0.613. The molecule has 1 rings (SSSR count). The van der Waals surface area contributed by atoms with Crippen molar-refractivity contribution in [1.29, 1.82) is 0 Å². The normalized spacial score (nSPS) is 12.5. The Morgan fingerprint density at radius 3 is 2.60 bits per heavy atom. The monoisotopic (exact) mass is 230 g/mol. The van der Waals surface area contributed by atoms with Crippen LogP contribution in [0.15, 0.2) is 12.1 Å². The van der Waals surface area contributed by atoms with Crippen LogP contribution in [0.25, 0.3) is 0 Å². The van der Waals surface area contributed by atoms with Crippen LogP contribution in [0.1, 0.15) is 22.0 Å². The number of halogens is 1. The third-order valence-electron chi connectivity index (χ3n) is 2.03. The van der Waals surface area contributed by atoms with Gasteiger partial charge in [0.05, 0.1) is 28.9 Å². The summed E-state index contributed by atoms with van der Waals surface area (Å²) in [6, 6.07) is 1.84. The molecule has 0 aromatic heterocycles. The van der Waals surface area contributed by atoms with E-state index in [1.165, 1.54) is 12.1 Å². The molecule has 6 heteroatoms. The number of benzene rings is 1. The van der Waals surface area contributed by atoms with Gasteiger partial charge >= 0.3 is 5.97 Å². The number of nitrogen functional groups attached to an aromatic ring is 1. The van der Waals surface area contributed by atoms with Gasteiger partial charge in [-0.2, -0.15) is 0 Å². The van der Waals surface area contributed by atoms with E-state index in [9.17, 15) is 4.79 Å². The number of aliphatic hydroxyl groups excluding tert-OH is 1. The van der Waals surface area contributed by atoms with Gasteiger partial charge in [-0.25, -0.2) is 4.79 Å². The molecule has 0 bridgehead atoms. The van der Waals surface area contributed by atoms with Gasteiger partial charge in [0, 0.05) is 5.56 Å². The molecule has 0 aliphatic rings. The van der Waals surface area contributed by atoms with Crippen molar-refractivity contribution in [3.8, 4) is 0 Å². The first-order chi connectivity index (χ1) is 6.99. The molecule has 5 nitrogen and oxygen atoms in total. The lowest BCUT2D eigenvalue weighted by Crippen LogP contribution is -2.20. The van der Waals surface area contributed by atoms with Crippen LogP contribution in [-0.2, 0) is 0 Å². The van der Waals surface area contributed by atoms with E-state index in [-0.39, 0.29) is 21.8 Å². The van der Waals surface area contributed by atoms with Crippen LogP contribution < -0.4 is 11.5 Å². The fourth-order valence-corrected chi connectivity index (χ4v) is 1.45. The van der Waals surface area contributed by atoms with Crippen LogP contribution in [-0.4, -0.2) is 22.8 Å². The maximum atomic E-state index is 10.9. The molecule has 0 fully saturated rings. The van der Waals surface area contributed by atoms with E-state index in [1.54, 1.807) is 0 Å². The number of hydrogen-bond acceptors (Lipinski definition) is 4. The maximum Gasteiger partial charge on any atom is 0.336 e. The molecule has 0 aliphatic carbocycles. The molecule has 1 atom stereocenters. The maximum absolute atomic E-state index is 10.9. The molecule has 0 radical (unpaired) electrons. The second-order valence-electron chi connectivity index (χ2n) is 3.02. The van der Waals surface area contributed by atoms with Crippen LogP contribution >= 0.6 is 11.6 Å². The highest BCUT2D eigenvalue weighted by Crippen LogP contribution is 2.29. The van der Waals surface area contributed by atoms with Crippen molar-refractivity contribution in [2.24, 2.45) is 5.73 Å². The summed E-state index contributed by atoms with van der Waals surface area (Å²) in [6.45, 7) is -0.398. The number of rotatable bonds is 3. The highest BCUT2D eigenvalue weighted by atomic mass is 35.5. The fraction of sp³-hybridized carbons (Fsp3) is 0.222. The number of nitrogens with two attached hydrogens (primary N) is 2. The van der Waals surface area contributed by atoms with Crippen LogP contribution in [0.5, 0.6) is 0 Å². The van der Waals surface area contributed by atoms with Crippen molar-refractivity contribution in [3.05, 3.63) is 28.3 Å². The van der Waals surface area contributed by atoms with E-state index < -0.39 is 18.6 Å². The Bertz CT molecular complexity index is 395. The number of carboxylic acids is 1. The van der Waals surface area contributed by atoms with Crippen molar-refractivity contribution in [3.63, 3.8) is 0 Å². The van der Waals surface area contributed by atoms with Gasteiger partial charge in [-0.1, -0.05) is 11.6 Å². The molecule has 0 saturated heterocycles. The number of hydrogen-bond donors (Lipinski definition) is 4. The Kier molecular flexibility index (Phi) is 3.52. The summed E-state index contributed by atoms with van der Waals surface area (Å²) in [5.74, 6) is -1.16. The molecular formula is C9H11ClN2O3. The van der Waals surface area contributed by atoms with Gasteiger partial charge < -0.3 is 21.7 Å². The number of carboxylic acid groups (broad SMARTS) is 1. The van der Waals surface area contributed by atoms with Crippen molar-refractivity contribution < 1.29 is 15.0 Å². The minimum atomic E-state index is -1.16. The van der Waals surface area contributed by atoms with Crippen LogP contribution in [0.2, 0.25) is 5.02 Å². The van der Waals surface area contributed by atoms with Gasteiger partial charge in [0.25, 0.3) is 0 Å². The number of aromatic carboxylic acids is 1. The van der Waals surface area contributed by atoms with E-state index in [0.717, 1.165) is 0 Å². The first kappa shape index (κ1) is 11.8. The van der Waals surface area contributed by atoms with E-state index >= 15 is 0 Å². The Morgan fingerprint density at radius 1 is 1.53 bits per heavy atom. The Labute approximate surface area is 91.3 Å². The predicted molar refractivity (Wildman–Crippen MR) is 56.8 cm³/mol. The standard InChI is InChI=1S/C9H11ClN2O3/c10-5-2-1-4(9(14)15)7(8(5)12)6(11)3-13/h1-2,6,13H,3,11-12H2,(H,14,15)/t6-/m0/s1. The van der Waals surface area contributed by atoms with Crippen LogP contribution in [0, 0.1) is 0 Å². The van der Waals surface area contributed by atoms with Crippen molar-refractivity contribution in [2.45, 2.75) is 6.04 Å². The largest absolute Gasteiger partial charge is 0.478 e. The minimum absolute atomic E-state index is 0.0431. The summed E-state index contributed by atoms with van der Waals surface area (Å²) in [5, 5.41) is 18.0. The average Bonchev–Trinajstić information content (AvgIpc) is 2.20. The van der Waals surface area contributed by atoms with Gasteiger partial charge in [-0.15, -0.1) is 0 Å². The molecule has 0 unspecified atom stereocenters. The van der Waals surface area contributed by atoms with Gasteiger partial charge in [-0.05, 0) is 12.1 Å². The Hall–Kier alpha value is -1.30. The Morgan fingerprint density at radius 2 is 2.13 bits per heavy atom. The van der Waals surface area contributed by atoms with E-state index in [0.29, 0.717) is 0 Å². The number of aliphatic hydroxyl groups is 1. The first-order valence-electron chi connectivity index (χ1n) is 4.16.